The standard InChI is InChI=1S/C13H17N3O5/c1-20-11(17)9-6-14-7-10(16-9)15-8-13(12(18)19)2-4-21-5-3-13/h6-7H,2-5,8H2,1H3,(H,15,16)(H,18,19). The molecule has 1 fully saturated rings. The van der Waals surface area contributed by atoms with Gasteiger partial charge in [-0.1, -0.05) is 0 Å². The lowest BCUT2D eigenvalue weighted by molar-refractivity contribution is -0.153. The first-order valence-electron chi connectivity index (χ1n) is 6.53. The number of nitrogens with zero attached hydrogens (tertiary/aromatic N) is 2. The van der Waals surface area contributed by atoms with Crippen molar-refractivity contribution in [3.8, 4) is 0 Å². The van der Waals surface area contributed by atoms with Gasteiger partial charge >= 0.3 is 11.9 Å². The molecule has 0 radical (unpaired) electrons. The Morgan fingerprint density at radius 1 is 1.43 bits per heavy atom. The van der Waals surface area contributed by atoms with Crippen LogP contribution in [0, 0.1) is 5.41 Å². The molecule has 21 heavy (non-hydrogen) atoms. The van der Waals surface area contributed by atoms with Crippen LogP contribution in [0.25, 0.3) is 0 Å². The molecule has 0 atom stereocenters. The van der Waals surface area contributed by atoms with Crippen molar-refractivity contribution in [2.24, 2.45) is 5.41 Å². The molecule has 1 aromatic heterocycles. The lowest BCUT2D eigenvalue weighted by Crippen LogP contribution is -2.42. The summed E-state index contributed by atoms with van der Waals surface area (Å²) in [4.78, 5) is 30.8. The number of ether oxygens (including phenoxy) is 2. The van der Waals surface area contributed by atoms with Crippen molar-refractivity contribution in [3.05, 3.63) is 18.1 Å². The minimum Gasteiger partial charge on any atom is -0.481 e. The van der Waals surface area contributed by atoms with Gasteiger partial charge in [-0.2, -0.15) is 0 Å². The molecule has 0 aromatic carbocycles. The lowest BCUT2D eigenvalue weighted by atomic mass is 9.80. The van der Waals surface area contributed by atoms with Gasteiger partial charge in [0.05, 0.1) is 24.9 Å². The Morgan fingerprint density at radius 3 is 2.76 bits per heavy atom. The molecular formula is C13H17N3O5. The molecule has 1 aromatic rings. The monoisotopic (exact) mass is 295 g/mol. The summed E-state index contributed by atoms with van der Waals surface area (Å²) in [7, 11) is 1.26. The van der Waals surface area contributed by atoms with Gasteiger partial charge in [0.2, 0.25) is 0 Å². The highest BCUT2D eigenvalue weighted by Gasteiger charge is 2.40. The van der Waals surface area contributed by atoms with E-state index < -0.39 is 17.4 Å². The molecule has 0 bridgehead atoms. The fraction of sp³-hybridized carbons (Fsp3) is 0.538. The molecule has 2 N–H and O–H groups in total. The van der Waals surface area contributed by atoms with Crippen LogP contribution in [0.2, 0.25) is 0 Å². The molecule has 0 unspecified atom stereocenters. The first kappa shape index (κ1) is 15.2. The smallest absolute Gasteiger partial charge is 0.358 e. The molecule has 0 amide bonds. The highest BCUT2D eigenvalue weighted by Crippen LogP contribution is 2.31. The van der Waals surface area contributed by atoms with E-state index >= 15 is 0 Å². The molecule has 2 rings (SSSR count). The number of nitrogens with one attached hydrogen (secondary N) is 1. The number of carboxylic acid groups (broad SMARTS) is 1. The number of anilines is 1. The van der Waals surface area contributed by atoms with Crippen LogP contribution in [0.4, 0.5) is 5.82 Å². The number of aromatic nitrogens is 2. The van der Waals surface area contributed by atoms with E-state index in [0.717, 1.165) is 0 Å². The molecule has 0 saturated carbocycles. The summed E-state index contributed by atoms with van der Waals surface area (Å²) in [5.74, 6) is -1.12. The number of hydrogen-bond donors (Lipinski definition) is 2. The third kappa shape index (κ3) is 3.46. The van der Waals surface area contributed by atoms with Crippen LogP contribution in [-0.4, -0.2) is 53.9 Å². The Bertz CT molecular complexity index is 528. The molecule has 0 aliphatic carbocycles. The third-order valence-corrected chi connectivity index (χ3v) is 3.54. The number of carboxylic acids is 1. The first-order valence-corrected chi connectivity index (χ1v) is 6.53. The predicted octanol–water partition coefficient (Wildman–Crippen LogP) is 0.556. The molecule has 2 heterocycles. The van der Waals surface area contributed by atoms with Gasteiger partial charge in [-0.05, 0) is 12.8 Å². The summed E-state index contributed by atoms with van der Waals surface area (Å²) in [6.45, 7) is 1.04. The van der Waals surface area contributed by atoms with E-state index in [9.17, 15) is 14.7 Å². The van der Waals surface area contributed by atoms with Crippen molar-refractivity contribution >= 4 is 17.8 Å². The normalized spacial score (nSPS) is 17.0. The van der Waals surface area contributed by atoms with Crippen LogP contribution < -0.4 is 5.32 Å². The SMILES string of the molecule is COC(=O)c1cncc(NCC2(C(=O)O)CCOCC2)n1. The zero-order chi connectivity index (χ0) is 15.3. The van der Waals surface area contributed by atoms with Gasteiger partial charge in [-0.3, -0.25) is 9.78 Å². The van der Waals surface area contributed by atoms with Gasteiger partial charge in [0.15, 0.2) is 5.69 Å². The van der Waals surface area contributed by atoms with Crippen molar-refractivity contribution in [2.75, 3.05) is 32.2 Å². The van der Waals surface area contributed by atoms with Crippen molar-refractivity contribution in [2.45, 2.75) is 12.8 Å². The molecular weight excluding hydrogens is 278 g/mol. The summed E-state index contributed by atoms with van der Waals surface area (Å²) >= 11 is 0. The summed E-state index contributed by atoms with van der Waals surface area (Å²) in [6, 6.07) is 0. The average Bonchev–Trinajstić information content (AvgIpc) is 2.53. The Labute approximate surface area is 121 Å². The Balaban J connectivity index is 2.07. The van der Waals surface area contributed by atoms with Gasteiger partial charge in [0.1, 0.15) is 5.82 Å². The van der Waals surface area contributed by atoms with E-state index in [1.54, 1.807) is 0 Å². The van der Waals surface area contributed by atoms with Gasteiger partial charge < -0.3 is 19.9 Å². The highest BCUT2D eigenvalue weighted by molar-refractivity contribution is 5.87. The minimum atomic E-state index is -0.888. The summed E-state index contributed by atoms with van der Waals surface area (Å²) in [5.41, 5.74) is -0.819. The number of carbonyl (C=O) groups is 2. The fourth-order valence-corrected chi connectivity index (χ4v) is 2.14. The van der Waals surface area contributed by atoms with Crippen molar-refractivity contribution in [3.63, 3.8) is 0 Å². The molecule has 114 valence electrons. The van der Waals surface area contributed by atoms with Gasteiger partial charge in [-0.25, -0.2) is 9.78 Å². The molecule has 1 aliphatic heterocycles. The molecule has 8 nitrogen and oxygen atoms in total. The van der Waals surface area contributed by atoms with Crippen LogP contribution in [0.3, 0.4) is 0 Å². The minimum absolute atomic E-state index is 0.0684. The maximum Gasteiger partial charge on any atom is 0.358 e. The fourth-order valence-electron chi connectivity index (χ4n) is 2.14. The Hall–Kier alpha value is -2.22. The van der Waals surface area contributed by atoms with E-state index in [-0.39, 0.29) is 12.2 Å². The molecule has 1 saturated heterocycles. The average molecular weight is 295 g/mol. The summed E-state index contributed by atoms with van der Waals surface area (Å²) < 4.78 is 9.78. The number of carbonyl (C=O) groups excluding carboxylic acids is 1. The number of aliphatic carboxylic acids is 1. The molecule has 8 heteroatoms. The number of rotatable bonds is 5. The van der Waals surface area contributed by atoms with Gasteiger partial charge in [0, 0.05) is 19.8 Å². The van der Waals surface area contributed by atoms with Crippen molar-refractivity contribution in [1.82, 2.24) is 9.97 Å². The topological polar surface area (TPSA) is 111 Å². The van der Waals surface area contributed by atoms with Gasteiger partial charge in [-0.15, -0.1) is 0 Å². The maximum atomic E-state index is 11.5. The van der Waals surface area contributed by atoms with E-state index in [1.165, 1.54) is 19.5 Å². The van der Waals surface area contributed by atoms with Crippen LogP contribution >= 0.6 is 0 Å². The maximum absolute atomic E-state index is 11.5. The number of esters is 1. The largest absolute Gasteiger partial charge is 0.481 e. The van der Waals surface area contributed by atoms with Crippen molar-refractivity contribution in [1.29, 1.82) is 0 Å². The Kier molecular flexibility index (Phi) is 4.69. The number of methoxy groups -OCH3 is 1. The Morgan fingerprint density at radius 2 is 2.14 bits per heavy atom. The van der Waals surface area contributed by atoms with Crippen LogP contribution in [-0.2, 0) is 14.3 Å². The van der Waals surface area contributed by atoms with Crippen LogP contribution in [0.5, 0.6) is 0 Å². The molecule has 0 spiro atoms. The van der Waals surface area contributed by atoms with Crippen LogP contribution in [0.1, 0.15) is 23.3 Å². The third-order valence-electron chi connectivity index (χ3n) is 3.54. The quantitative estimate of drug-likeness (QED) is 0.758. The van der Waals surface area contributed by atoms with E-state index in [0.29, 0.717) is 31.9 Å². The van der Waals surface area contributed by atoms with Gasteiger partial charge in [0.25, 0.3) is 0 Å². The number of hydrogen-bond acceptors (Lipinski definition) is 7. The second kappa shape index (κ2) is 6.49. The zero-order valence-corrected chi connectivity index (χ0v) is 11.7. The summed E-state index contributed by atoms with van der Waals surface area (Å²) in [5, 5.41) is 12.4. The van der Waals surface area contributed by atoms with Crippen LogP contribution in [0.15, 0.2) is 12.4 Å². The highest BCUT2D eigenvalue weighted by atomic mass is 16.5. The first-order chi connectivity index (χ1) is 10.1. The molecule has 1 aliphatic rings. The predicted molar refractivity (Wildman–Crippen MR) is 72.0 cm³/mol. The van der Waals surface area contributed by atoms with Crippen molar-refractivity contribution < 1.29 is 24.2 Å². The second-order valence-electron chi connectivity index (χ2n) is 4.83. The van der Waals surface area contributed by atoms with E-state index in [4.69, 9.17) is 4.74 Å². The summed E-state index contributed by atoms with van der Waals surface area (Å²) in [6.07, 6.45) is 3.58. The van der Waals surface area contributed by atoms with E-state index in [2.05, 4.69) is 20.0 Å². The van der Waals surface area contributed by atoms with E-state index in [1.807, 2.05) is 0 Å². The zero-order valence-electron chi connectivity index (χ0n) is 11.7. The second-order valence-corrected chi connectivity index (χ2v) is 4.83. The lowest BCUT2D eigenvalue weighted by Gasteiger charge is -2.33.